The molecule has 0 aliphatic rings. The van der Waals surface area contributed by atoms with E-state index in [0.717, 1.165) is 12.1 Å². The van der Waals surface area contributed by atoms with Gasteiger partial charge in [0.05, 0.1) is 11.3 Å². The predicted molar refractivity (Wildman–Crippen MR) is 85.1 cm³/mol. The van der Waals surface area contributed by atoms with Crippen LogP contribution in [0.1, 0.15) is 32.0 Å². The molecule has 0 aliphatic heterocycles. The standard InChI is InChI=1S/C16H16F6N4/c1-14(2,3)26-13-24-11(16(20,21)22)8-12(25-13)23-10-7-5-4-6-9(10)15(17,18)19/h4-8H,1-3H3,(H2,23,24,25,26). The maximum absolute atomic E-state index is 13.1. The summed E-state index contributed by atoms with van der Waals surface area (Å²) in [5, 5.41) is 4.99. The number of aromatic nitrogens is 2. The average Bonchev–Trinajstić information content (AvgIpc) is 2.43. The van der Waals surface area contributed by atoms with Gasteiger partial charge < -0.3 is 10.6 Å². The summed E-state index contributed by atoms with van der Waals surface area (Å²) in [5.74, 6) is -0.755. The van der Waals surface area contributed by atoms with Gasteiger partial charge in [0.25, 0.3) is 0 Å². The molecule has 0 saturated heterocycles. The summed E-state index contributed by atoms with van der Waals surface area (Å²) in [7, 11) is 0. The highest BCUT2D eigenvalue weighted by Gasteiger charge is 2.35. The van der Waals surface area contributed by atoms with Gasteiger partial charge in [-0.25, -0.2) is 4.98 Å². The third-order valence-corrected chi connectivity index (χ3v) is 3.00. The first-order valence-corrected chi connectivity index (χ1v) is 7.43. The minimum atomic E-state index is -4.78. The number of alkyl halides is 6. The van der Waals surface area contributed by atoms with Gasteiger partial charge in [-0.15, -0.1) is 0 Å². The Morgan fingerprint density at radius 1 is 0.846 bits per heavy atom. The van der Waals surface area contributed by atoms with Gasteiger partial charge in [-0.3, -0.25) is 0 Å². The highest BCUT2D eigenvalue weighted by molar-refractivity contribution is 5.62. The molecule has 10 heteroatoms. The van der Waals surface area contributed by atoms with Crippen molar-refractivity contribution in [1.29, 1.82) is 0 Å². The molecule has 0 atom stereocenters. The monoisotopic (exact) mass is 378 g/mol. The molecule has 0 unspecified atom stereocenters. The summed E-state index contributed by atoms with van der Waals surface area (Å²) in [6.45, 7) is 5.05. The van der Waals surface area contributed by atoms with Crippen LogP contribution in [0.4, 0.5) is 43.8 Å². The van der Waals surface area contributed by atoms with E-state index in [1.165, 1.54) is 12.1 Å². The van der Waals surface area contributed by atoms with Crippen LogP contribution in [0.3, 0.4) is 0 Å². The fourth-order valence-electron chi connectivity index (χ4n) is 2.03. The van der Waals surface area contributed by atoms with Crippen molar-refractivity contribution in [3.8, 4) is 0 Å². The number of nitrogens with zero attached hydrogens (tertiary/aromatic N) is 2. The van der Waals surface area contributed by atoms with Crippen LogP contribution in [-0.2, 0) is 12.4 Å². The smallest absolute Gasteiger partial charge is 0.350 e. The predicted octanol–water partition coefficient (Wildman–Crippen LogP) is 5.47. The molecule has 0 bridgehead atoms. The van der Waals surface area contributed by atoms with Gasteiger partial charge in [-0.1, -0.05) is 12.1 Å². The molecule has 1 aromatic carbocycles. The molecule has 0 saturated carbocycles. The van der Waals surface area contributed by atoms with Crippen LogP contribution in [0.2, 0.25) is 0 Å². The molecule has 142 valence electrons. The Kier molecular flexibility index (Phi) is 5.07. The molecule has 1 heterocycles. The largest absolute Gasteiger partial charge is 0.433 e. The van der Waals surface area contributed by atoms with Gasteiger partial charge in [0.1, 0.15) is 5.82 Å². The first kappa shape index (κ1) is 19.8. The van der Waals surface area contributed by atoms with E-state index < -0.39 is 40.7 Å². The van der Waals surface area contributed by atoms with Crippen LogP contribution < -0.4 is 10.6 Å². The highest BCUT2D eigenvalue weighted by Crippen LogP contribution is 2.36. The van der Waals surface area contributed by atoms with Crippen LogP contribution in [-0.4, -0.2) is 15.5 Å². The van der Waals surface area contributed by atoms with E-state index in [0.29, 0.717) is 6.07 Å². The molecule has 0 fully saturated rings. The van der Waals surface area contributed by atoms with Gasteiger partial charge in [0.15, 0.2) is 5.69 Å². The Morgan fingerprint density at radius 2 is 1.46 bits per heavy atom. The van der Waals surface area contributed by atoms with Crippen molar-refractivity contribution in [3.63, 3.8) is 0 Å². The lowest BCUT2D eigenvalue weighted by Crippen LogP contribution is -2.28. The van der Waals surface area contributed by atoms with Crippen LogP contribution in [0.25, 0.3) is 0 Å². The first-order chi connectivity index (χ1) is 11.8. The Labute approximate surface area is 145 Å². The zero-order valence-corrected chi connectivity index (χ0v) is 14.0. The van der Waals surface area contributed by atoms with Crippen molar-refractivity contribution < 1.29 is 26.3 Å². The number of benzene rings is 1. The van der Waals surface area contributed by atoms with E-state index in [2.05, 4.69) is 20.6 Å². The summed E-state index contributed by atoms with van der Waals surface area (Å²) in [6.07, 6.45) is -9.45. The number of nitrogens with one attached hydrogen (secondary N) is 2. The van der Waals surface area contributed by atoms with Crippen LogP contribution in [0.5, 0.6) is 0 Å². The van der Waals surface area contributed by atoms with Crippen molar-refractivity contribution >= 4 is 17.5 Å². The van der Waals surface area contributed by atoms with Gasteiger partial charge >= 0.3 is 12.4 Å². The number of halogens is 6. The van der Waals surface area contributed by atoms with E-state index in [9.17, 15) is 26.3 Å². The second-order valence-electron chi connectivity index (χ2n) is 6.50. The second-order valence-corrected chi connectivity index (χ2v) is 6.50. The minimum Gasteiger partial charge on any atom is -0.350 e. The number of anilines is 3. The zero-order chi connectivity index (χ0) is 19.8. The molecule has 4 nitrogen and oxygen atoms in total. The summed E-state index contributed by atoms with van der Waals surface area (Å²) in [5.41, 5.74) is -3.34. The molecule has 1 aromatic heterocycles. The molecule has 0 spiro atoms. The Bertz CT molecular complexity index is 778. The lowest BCUT2D eigenvalue weighted by Gasteiger charge is -2.22. The summed E-state index contributed by atoms with van der Waals surface area (Å²) >= 11 is 0. The number of hydrogen-bond acceptors (Lipinski definition) is 4. The molecule has 0 aliphatic carbocycles. The van der Waals surface area contributed by atoms with Gasteiger partial charge in [0, 0.05) is 11.6 Å². The normalized spacial score (nSPS) is 12.8. The topological polar surface area (TPSA) is 49.8 Å². The number of para-hydroxylation sites is 1. The molecule has 0 amide bonds. The molecular weight excluding hydrogens is 362 g/mol. The van der Waals surface area contributed by atoms with E-state index in [1.807, 2.05) is 0 Å². The average molecular weight is 378 g/mol. The summed E-state index contributed by atoms with van der Waals surface area (Å²) in [4.78, 5) is 7.24. The van der Waals surface area contributed by atoms with Gasteiger partial charge in [0.2, 0.25) is 5.95 Å². The van der Waals surface area contributed by atoms with Crippen molar-refractivity contribution in [2.24, 2.45) is 0 Å². The van der Waals surface area contributed by atoms with Crippen molar-refractivity contribution in [2.75, 3.05) is 10.6 Å². The Balaban J connectivity index is 2.48. The first-order valence-electron chi connectivity index (χ1n) is 7.43. The highest BCUT2D eigenvalue weighted by atomic mass is 19.4. The van der Waals surface area contributed by atoms with Crippen LogP contribution >= 0.6 is 0 Å². The quantitative estimate of drug-likeness (QED) is 0.696. The van der Waals surface area contributed by atoms with E-state index in [4.69, 9.17) is 0 Å². The zero-order valence-electron chi connectivity index (χ0n) is 14.0. The lowest BCUT2D eigenvalue weighted by atomic mass is 10.1. The van der Waals surface area contributed by atoms with E-state index >= 15 is 0 Å². The third-order valence-electron chi connectivity index (χ3n) is 3.00. The van der Waals surface area contributed by atoms with Crippen LogP contribution in [0.15, 0.2) is 30.3 Å². The third kappa shape index (κ3) is 5.24. The fourth-order valence-corrected chi connectivity index (χ4v) is 2.03. The van der Waals surface area contributed by atoms with Gasteiger partial charge in [-0.2, -0.15) is 31.3 Å². The maximum atomic E-state index is 13.1. The maximum Gasteiger partial charge on any atom is 0.433 e. The lowest BCUT2D eigenvalue weighted by molar-refractivity contribution is -0.141. The van der Waals surface area contributed by atoms with Crippen molar-refractivity contribution in [1.82, 2.24) is 9.97 Å². The Hall–Kier alpha value is -2.52. The van der Waals surface area contributed by atoms with Crippen molar-refractivity contribution in [3.05, 3.63) is 41.6 Å². The Morgan fingerprint density at radius 3 is 2.00 bits per heavy atom. The number of hydrogen-bond donors (Lipinski definition) is 2. The van der Waals surface area contributed by atoms with Crippen molar-refractivity contribution in [2.45, 2.75) is 38.7 Å². The molecule has 0 radical (unpaired) electrons. The summed E-state index contributed by atoms with van der Waals surface area (Å²) in [6, 6.07) is 5.00. The van der Waals surface area contributed by atoms with Crippen LogP contribution in [0, 0.1) is 0 Å². The molecule has 26 heavy (non-hydrogen) atoms. The minimum absolute atomic E-state index is 0.348. The SMILES string of the molecule is CC(C)(C)Nc1nc(Nc2ccccc2C(F)(F)F)cc(C(F)(F)F)n1. The molecule has 2 N–H and O–H groups in total. The fraction of sp³-hybridized carbons (Fsp3) is 0.375. The van der Waals surface area contributed by atoms with E-state index in [1.54, 1.807) is 20.8 Å². The molecule has 2 aromatic rings. The number of rotatable bonds is 3. The van der Waals surface area contributed by atoms with E-state index in [-0.39, 0.29) is 5.95 Å². The molecular formula is C16H16F6N4. The molecule has 2 rings (SSSR count). The second kappa shape index (κ2) is 6.65. The summed E-state index contributed by atoms with van der Waals surface area (Å²) < 4.78 is 78.4. The van der Waals surface area contributed by atoms with Gasteiger partial charge in [-0.05, 0) is 32.9 Å².